The number of primary amides is 1. The Hall–Kier alpha value is -3.17. The van der Waals surface area contributed by atoms with Crippen LogP contribution in [0.3, 0.4) is 0 Å². The highest BCUT2D eigenvalue weighted by atomic mass is 35.5. The van der Waals surface area contributed by atoms with Gasteiger partial charge in [0.2, 0.25) is 0 Å². The largest absolute Gasteiger partial charge is 0.364 e. The summed E-state index contributed by atoms with van der Waals surface area (Å²) < 4.78 is 1.72. The van der Waals surface area contributed by atoms with Crippen LogP contribution < -0.4 is 5.73 Å². The molecule has 3 rings (SSSR count). The van der Waals surface area contributed by atoms with Gasteiger partial charge in [-0.2, -0.15) is 0 Å². The van der Waals surface area contributed by atoms with E-state index >= 15 is 0 Å². The molecule has 0 fully saturated rings. The van der Waals surface area contributed by atoms with Crippen LogP contribution in [0.25, 0.3) is 11.3 Å². The van der Waals surface area contributed by atoms with E-state index in [9.17, 15) is 4.79 Å². The molecule has 0 saturated carbocycles. The monoisotopic (exact) mass is 351 g/mol. The zero-order valence-electron chi connectivity index (χ0n) is 13.6. The van der Waals surface area contributed by atoms with E-state index in [1.165, 1.54) is 0 Å². The molecule has 7 heteroatoms. The molecule has 124 valence electrons. The van der Waals surface area contributed by atoms with Crippen LogP contribution in [-0.4, -0.2) is 25.4 Å². The molecule has 3 heterocycles. The number of aromatic nitrogens is 4. The van der Waals surface area contributed by atoms with Crippen molar-refractivity contribution in [2.45, 2.75) is 6.92 Å². The normalized spacial score (nSPS) is 10.2. The van der Waals surface area contributed by atoms with E-state index in [0.29, 0.717) is 22.2 Å². The van der Waals surface area contributed by atoms with Gasteiger partial charge in [-0.1, -0.05) is 17.5 Å². The van der Waals surface area contributed by atoms with Crippen molar-refractivity contribution in [3.63, 3.8) is 0 Å². The zero-order valence-corrected chi connectivity index (χ0v) is 14.4. The van der Waals surface area contributed by atoms with Gasteiger partial charge in [-0.25, -0.2) is 9.97 Å². The molecule has 0 saturated heterocycles. The van der Waals surface area contributed by atoms with Gasteiger partial charge in [0.25, 0.3) is 5.91 Å². The maximum Gasteiger partial charge on any atom is 0.269 e. The number of aryl methyl sites for hydroxylation is 1. The van der Waals surface area contributed by atoms with Crippen LogP contribution in [0.5, 0.6) is 0 Å². The van der Waals surface area contributed by atoms with Crippen LogP contribution in [-0.2, 0) is 7.05 Å². The average molecular weight is 352 g/mol. The first-order valence-corrected chi connectivity index (χ1v) is 7.76. The second-order valence-corrected chi connectivity index (χ2v) is 5.75. The van der Waals surface area contributed by atoms with Gasteiger partial charge in [-0.3, -0.25) is 9.78 Å². The van der Waals surface area contributed by atoms with E-state index in [-0.39, 0.29) is 5.69 Å². The summed E-state index contributed by atoms with van der Waals surface area (Å²) in [7, 11) is 1.78. The fourth-order valence-corrected chi connectivity index (χ4v) is 2.50. The Labute approximate surface area is 149 Å². The van der Waals surface area contributed by atoms with Crippen molar-refractivity contribution >= 4 is 17.5 Å². The minimum Gasteiger partial charge on any atom is -0.364 e. The molecule has 0 radical (unpaired) electrons. The summed E-state index contributed by atoms with van der Waals surface area (Å²) in [5, 5.41) is 0.357. The molecule has 0 aliphatic heterocycles. The molecule has 3 aromatic heterocycles. The molecule has 2 N–H and O–H groups in total. The summed E-state index contributed by atoms with van der Waals surface area (Å²) in [6.07, 6.45) is 3.25. The highest BCUT2D eigenvalue weighted by Crippen LogP contribution is 2.23. The van der Waals surface area contributed by atoms with Crippen molar-refractivity contribution in [2.24, 2.45) is 12.8 Å². The molecule has 0 spiro atoms. The van der Waals surface area contributed by atoms with Crippen molar-refractivity contribution in [3.8, 4) is 23.1 Å². The first kappa shape index (κ1) is 16.7. The van der Waals surface area contributed by atoms with E-state index < -0.39 is 5.91 Å². The Morgan fingerprint density at radius 2 is 2.04 bits per heavy atom. The molecule has 0 bridgehead atoms. The molecule has 0 aromatic carbocycles. The number of rotatable bonds is 2. The summed E-state index contributed by atoms with van der Waals surface area (Å²) in [4.78, 5) is 24.3. The standard InChI is InChI=1S/C18H14ClN5O/c1-11-3-5-13(10-22-11)17-16(18(20)25)23-15(24(17)2)6-4-12-7-8-21-14(19)9-12/h3,5,7-10H,1-2H3,(H2,20,25). The SMILES string of the molecule is Cc1ccc(-c2c(C(N)=O)nc(C#Cc3ccnc(Cl)c3)n2C)cn1. The average Bonchev–Trinajstić information content (AvgIpc) is 2.91. The Bertz CT molecular complexity index is 1010. The fourth-order valence-electron chi connectivity index (χ4n) is 2.33. The second-order valence-electron chi connectivity index (χ2n) is 5.36. The minimum atomic E-state index is -0.619. The Balaban J connectivity index is 2.10. The van der Waals surface area contributed by atoms with Crippen LogP contribution in [0.4, 0.5) is 0 Å². The van der Waals surface area contributed by atoms with Crippen molar-refractivity contribution in [2.75, 3.05) is 0 Å². The number of halogens is 1. The lowest BCUT2D eigenvalue weighted by Crippen LogP contribution is -2.13. The van der Waals surface area contributed by atoms with Gasteiger partial charge in [-0.05, 0) is 37.1 Å². The number of carbonyl (C=O) groups excluding carboxylic acids is 1. The number of carbonyl (C=O) groups is 1. The highest BCUT2D eigenvalue weighted by Gasteiger charge is 2.19. The number of nitrogens with two attached hydrogens (primary N) is 1. The number of amides is 1. The maximum atomic E-state index is 11.8. The summed E-state index contributed by atoms with van der Waals surface area (Å²) in [5.41, 5.74) is 8.54. The zero-order chi connectivity index (χ0) is 18.0. The van der Waals surface area contributed by atoms with Crippen LogP contribution in [0, 0.1) is 18.8 Å². The van der Waals surface area contributed by atoms with Crippen molar-refractivity contribution in [1.82, 2.24) is 19.5 Å². The van der Waals surface area contributed by atoms with E-state index in [1.54, 1.807) is 36.1 Å². The van der Waals surface area contributed by atoms with Gasteiger partial charge in [0.1, 0.15) is 5.15 Å². The van der Waals surface area contributed by atoms with E-state index in [0.717, 1.165) is 11.3 Å². The number of imidazole rings is 1. The van der Waals surface area contributed by atoms with Gasteiger partial charge in [0.15, 0.2) is 11.5 Å². The molecule has 0 atom stereocenters. The third kappa shape index (κ3) is 3.52. The lowest BCUT2D eigenvalue weighted by molar-refractivity contribution is 0.0996. The molecule has 3 aromatic rings. The van der Waals surface area contributed by atoms with Crippen molar-refractivity contribution in [3.05, 3.63) is 64.6 Å². The maximum absolute atomic E-state index is 11.8. The number of hydrogen-bond acceptors (Lipinski definition) is 4. The number of hydrogen-bond donors (Lipinski definition) is 1. The predicted octanol–water partition coefficient (Wildman–Crippen LogP) is 2.34. The quantitative estimate of drug-likeness (QED) is 0.567. The number of pyridine rings is 2. The predicted molar refractivity (Wildman–Crippen MR) is 94.9 cm³/mol. The molecule has 0 aliphatic rings. The van der Waals surface area contributed by atoms with Gasteiger partial charge in [-0.15, -0.1) is 0 Å². The molecule has 25 heavy (non-hydrogen) atoms. The Kier molecular flexibility index (Phi) is 4.50. The molecule has 0 unspecified atom stereocenters. The Morgan fingerprint density at radius 1 is 1.24 bits per heavy atom. The van der Waals surface area contributed by atoms with E-state index in [1.807, 2.05) is 19.1 Å². The van der Waals surface area contributed by atoms with Crippen LogP contribution >= 0.6 is 11.6 Å². The highest BCUT2D eigenvalue weighted by molar-refractivity contribution is 6.29. The van der Waals surface area contributed by atoms with Crippen LogP contribution in [0.15, 0.2) is 36.7 Å². The smallest absolute Gasteiger partial charge is 0.269 e. The lowest BCUT2D eigenvalue weighted by atomic mass is 10.1. The van der Waals surface area contributed by atoms with Crippen molar-refractivity contribution in [1.29, 1.82) is 0 Å². The van der Waals surface area contributed by atoms with Crippen LogP contribution in [0.1, 0.15) is 27.6 Å². The summed E-state index contributed by atoms with van der Waals surface area (Å²) >= 11 is 5.85. The molecule has 1 amide bonds. The van der Waals surface area contributed by atoms with Crippen LogP contribution in [0.2, 0.25) is 5.15 Å². The number of nitrogens with zero attached hydrogens (tertiary/aromatic N) is 4. The Morgan fingerprint density at radius 3 is 2.68 bits per heavy atom. The fraction of sp³-hybridized carbons (Fsp3) is 0.111. The molecular weight excluding hydrogens is 338 g/mol. The van der Waals surface area contributed by atoms with Crippen molar-refractivity contribution < 1.29 is 4.79 Å². The first-order valence-electron chi connectivity index (χ1n) is 7.39. The minimum absolute atomic E-state index is 0.158. The molecular formula is C18H14ClN5O. The van der Waals surface area contributed by atoms with Gasteiger partial charge < -0.3 is 10.3 Å². The second kappa shape index (κ2) is 6.75. The third-order valence-electron chi connectivity index (χ3n) is 3.56. The summed E-state index contributed by atoms with van der Waals surface area (Å²) in [6.45, 7) is 1.89. The van der Waals surface area contributed by atoms with E-state index in [2.05, 4.69) is 26.8 Å². The summed E-state index contributed by atoms with van der Waals surface area (Å²) in [5.74, 6) is 5.69. The summed E-state index contributed by atoms with van der Waals surface area (Å²) in [6, 6.07) is 7.11. The molecule has 0 aliphatic carbocycles. The van der Waals surface area contributed by atoms with Gasteiger partial charge in [0, 0.05) is 36.3 Å². The third-order valence-corrected chi connectivity index (χ3v) is 3.77. The first-order chi connectivity index (χ1) is 12.0. The lowest BCUT2D eigenvalue weighted by Gasteiger charge is -2.05. The molecule has 6 nitrogen and oxygen atoms in total. The van der Waals surface area contributed by atoms with Gasteiger partial charge >= 0.3 is 0 Å². The van der Waals surface area contributed by atoms with E-state index in [4.69, 9.17) is 17.3 Å². The topological polar surface area (TPSA) is 86.7 Å². The van der Waals surface area contributed by atoms with Gasteiger partial charge in [0.05, 0.1) is 5.69 Å².